The maximum atomic E-state index is 5.72. The van der Waals surface area contributed by atoms with Gasteiger partial charge < -0.3 is 10.3 Å². The van der Waals surface area contributed by atoms with Crippen molar-refractivity contribution >= 4 is 0 Å². The summed E-state index contributed by atoms with van der Waals surface area (Å²) in [5.41, 5.74) is 8.44. The van der Waals surface area contributed by atoms with E-state index in [-0.39, 0.29) is 12.0 Å². The predicted molar refractivity (Wildman–Crippen MR) is 63.5 cm³/mol. The Hall–Kier alpha value is -1.68. The molecule has 1 aliphatic carbocycles. The molecule has 2 atom stereocenters. The SMILES string of the molecule is C[C@@H](N)c1nc(C2CCc3ccccc32)no1. The maximum absolute atomic E-state index is 5.72. The fourth-order valence-corrected chi connectivity index (χ4v) is 2.40. The molecule has 1 unspecified atom stereocenters. The van der Waals surface area contributed by atoms with Gasteiger partial charge in [0.2, 0.25) is 5.89 Å². The molecule has 0 saturated heterocycles. The van der Waals surface area contributed by atoms with Crippen LogP contribution in [-0.2, 0) is 6.42 Å². The largest absolute Gasteiger partial charge is 0.338 e. The first-order valence-electron chi connectivity index (χ1n) is 5.92. The number of aryl methyl sites for hydroxylation is 1. The third kappa shape index (κ3) is 1.74. The van der Waals surface area contributed by atoms with Crippen molar-refractivity contribution in [3.63, 3.8) is 0 Å². The van der Waals surface area contributed by atoms with Crippen molar-refractivity contribution < 1.29 is 4.52 Å². The molecule has 0 spiro atoms. The third-order valence-corrected chi connectivity index (χ3v) is 3.29. The van der Waals surface area contributed by atoms with Crippen LogP contribution in [0, 0.1) is 0 Å². The Morgan fingerprint density at radius 2 is 2.24 bits per heavy atom. The van der Waals surface area contributed by atoms with Gasteiger partial charge in [-0.2, -0.15) is 4.98 Å². The van der Waals surface area contributed by atoms with Gasteiger partial charge in [-0.1, -0.05) is 29.4 Å². The molecule has 1 aromatic carbocycles. The summed E-state index contributed by atoms with van der Waals surface area (Å²) in [6.07, 6.45) is 2.14. The molecule has 0 saturated carbocycles. The molecule has 88 valence electrons. The predicted octanol–water partition coefficient (Wildman–Crippen LogP) is 2.17. The molecule has 4 heteroatoms. The molecular weight excluding hydrogens is 214 g/mol. The standard InChI is InChI=1S/C13H15N3O/c1-8(14)13-15-12(16-17-13)11-7-6-9-4-2-3-5-10(9)11/h2-5,8,11H,6-7,14H2,1H3/t8-,11?/m1/s1. The van der Waals surface area contributed by atoms with E-state index >= 15 is 0 Å². The highest BCUT2D eigenvalue weighted by Crippen LogP contribution is 2.36. The second kappa shape index (κ2) is 3.96. The van der Waals surface area contributed by atoms with Crippen molar-refractivity contribution in [3.8, 4) is 0 Å². The van der Waals surface area contributed by atoms with E-state index in [0.29, 0.717) is 5.89 Å². The molecule has 2 N–H and O–H groups in total. The lowest BCUT2D eigenvalue weighted by Gasteiger charge is -2.05. The number of rotatable bonds is 2. The van der Waals surface area contributed by atoms with Crippen LogP contribution in [0.4, 0.5) is 0 Å². The number of nitrogens with zero attached hydrogens (tertiary/aromatic N) is 2. The Labute approximate surface area is 99.8 Å². The molecule has 1 aliphatic rings. The first kappa shape index (κ1) is 10.5. The fourth-order valence-electron chi connectivity index (χ4n) is 2.40. The summed E-state index contributed by atoms with van der Waals surface area (Å²) >= 11 is 0. The van der Waals surface area contributed by atoms with E-state index in [1.807, 2.05) is 6.92 Å². The van der Waals surface area contributed by atoms with Crippen LogP contribution in [0.2, 0.25) is 0 Å². The average molecular weight is 229 g/mol. The number of hydrogen-bond donors (Lipinski definition) is 1. The molecule has 1 heterocycles. The number of benzene rings is 1. The van der Waals surface area contributed by atoms with E-state index in [9.17, 15) is 0 Å². The lowest BCUT2D eigenvalue weighted by molar-refractivity contribution is 0.355. The van der Waals surface area contributed by atoms with Crippen molar-refractivity contribution in [2.24, 2.45) is 5.73 Å². The number of hydrogen-bond acceptors (Lipinski definition) is 4. The van der Waals surface area contributed by atoms with Gasteiger partial charge >= 0.3 is 0 Å². The van der Waals surface area contributed by atoms with Gasteiger partial charge in [-0.05, 0) is 30.9 Å². The minimum absolute atomic E-state index is 0.201. The molecule has 0 amide bonds. The van der Waals surface area contributed by atoms with Crippen LogP contribution in [0.3, 0.4) is 0 Å². The van der Waals surface area contributed by atoms with Gasteiger partial charge in [-0.3, -0.25) is 0 Å². The van der Waals surface area contributed by atoms with Gasteiger partial charge in [0.05, 0.1) is 6.04 Å². The van der Waals surface area contributed by atoms with Gasteiger partial charge in [0.25, 0.3) is 0 Å². The van der Waals surface area contributed by atoms with Crippen molar-refractivity contribution in [2.75, 3.05) is 0 Å². The Kier molecular flexibility index (Phi) is 2.44. The quantitative estimate of drug-likeness (QED) is 0.857. The molecule has 2 aromatic rings. The minimum atomic E-state index is -0.201. The van der Waals surface area contributed by atoms with Gasteiger partial charge in [0.1, 0.15) is 0 Å². The van der Waals surface area contributed by atoms with Gasteiger partial charge in [0.15, 0.2) is 5.82 Å². The monoisotopic (exact) mass is 229 g/mol. The highest BCUT2D eigenvalue weighted by atomic mass is 16.5. The van der Waals surface area contributed by atoms with Crippen molar-refractivity contribution in [1.82, 2.24) is 10.1 Å². The van der Waals surface area contributed by atoms with Crippen molar-refractivity contribution in [1.29, 1.82) is 0 Å². The Morgan fingerprint density at radius 3 is 3.00 bits per heavy atom. The lowest BCUT2D eigenvalue weighted by Crippen LogP contribution is -2.06. The topological polar surface area (TPSA) is 64.9 Å². The summed E-state index contributed by atoms with van der Waals surface area (Å²) in [5, 5.41) is 4.05. The zero-order valence-corrected chi connectivity index (χ0v) is 9.76. The second-order valence-corrected chi connectivity index (χ2v) is 4.57. The van der Waals surface area contributed by atoms with Crippen molar-refractivity contribution in [2.45, 2.75) is 31.7 Å². The van der Waals surface area contributed by atoms with Crippen LogP contribution in [0.1, 0.15) is 48.1 Å². The van der Waals surface area contributed by atoms with Crippen LogP contribution >= 0.6 is 0 Å². The number of aromatic nitrogens is 2. The number of nitrogens with two attached hydrogens (primary N) is 1. The summed E-state index contributed by atoms with van der Waals surface area (Å²) in [4.78, 5) is 4.39. The zero-order chi connectivity index (χ0) is 11.8. The van der Waals surface area contributed by atoms with E-state index in [0.717, 1.165) is 18.7 Å². The fraction of sp³-hybridized carbons (Fsp3) is 0.385. The molecule has 17 heavy (non-hydrogen) atoms. The van der Waals surface area contributed by atoms with E-state index in [1.54, 1.807) is 0 Å². The van der Waals surface area contributed by atoms with Gasteiger partial charge in [-0.25, -0.2) is 0 Å². The van der Waals surface area contributed by atoms with E-state index in [1.165, 1.54) is 11.1 Å². The van der Waals surface area contributed by atoms with E-state index in [4.69, 9.17) is 10.3 Å². The summed E-state index contributed by atoms with van der Waals surface area (Å²) in [6.45, 7) is 1.85. The van der Waals surface area contributed by atoms with Crippen LogP contribution < -0.4 is 5.73 Å². The van der Waals surface area contributed by atoms with Crippen LogP contribution in [0.5, 0.6) is 0 Å². The van der Waals surface area contributed by atoms with Crippen molar-refractivity contribution in [3.05, 3.63) is 47.1 Å². The lowest BCUT2D eigenvalue weighted by atomic mass is 10.0. The maximum Gasteiger partial charge on any atom is 0.243 e. The highest BCUT2D eigenvalue weighted by Gasteiger charge is 2.27. The highest BCUT2D eigenvalue weighted by molar-refractivity contribution is 5.38. The molecule has 0 bridgehead atoms. The van der Waals surface area contributed by atoms with Gasteiger partial charge in [0, 0.05) is 5.92 Å². The molecule has 4 nitrogen and oxygen atoms in total. The Bertz CT molecular complexity index is 533. The minimum Gasteiger partial charge on any atom is -0.338 e. The van der Waals surface area contributed by atoms with Crippen LogP contribution in [-0.4, -0.2) is 10.1 Å². The summed E-state index contributed by atoms with van der Waals surface area (Å²) in [6, 6.07) is 8.25. The molecular formula is C13H15N3O. The summed E-state index contributed by atoms with van der Waals surface area (Å²) < 4.78 is 5.17. The van der Waals surface area contributed by atoms with E-state index < -0.39 is 0 Å². The first-order valence-corrected chi connectivity index (χ1v) is 5.92. The zero-order valence-electron chi connectivity index (χ0n) is 9.76. The average Bonchev–Trinajstić information content (AvgIpc) is 2.95. The molecule has 0 radical (unpaired) electrons. The third-order valence-electron chi connectivity index (χ3n) is 3.29. The molecule has 3 rings (SSSR count). The van der Waals surface area contributed by atoms with Gasteiger partial charge in [-0.15, -0.1) is 0 Å². The molecule has 0 aliphatic heterocycles. The smallest absolute Gasteiger partial charge is 0.243 e. The normalized spacial score (nSPS) is 20.2. The second-order valence-electron chi connectivity index (χ2n) is 4.57. The Balaban J connectivity index is 1.95. The summed E-state index contributed by atoms with van der Waals surface area (Å²) in [5.74, 6) is 1.55. The summed E-state index contributed by atoms with van der Waals surface area (Å²) in [7, 11) is 0. The molecule has 0 fully saturated rings. The molecule has 1 aromatic heterocycles. The first-order chi connectivity index (χ1) is 8.25. The van der Waals surface area contributed by atoms with Crippen LogP contribution in [0.15, 0.2) is 28.8 Å². The number of fused-ring (bicyclic) bond motifs is 1. The Morgan fingerprint density at radius 1 is 1.41 bits per heavy atom. The van der Waals surface area contributed by atoms with E-state index in [2.05, 4.69) is 34.4 Å². The van der Waals surface area contributed by atoms with Crippen LogP contribution in [0.25, 0.3) is 0 Å².